The van der Waals surface area contributed by atoms with Gasteiger partial charge in [-0.25, -0.2) is 0 Å². The molecule has 0 amide bonds. The molecular formula is C12H18ClOP. The highest BCUT2D eigenvalue weighted by molar-refractivity contribution is 7.68. The summed E-state index contributed by atoms with van der Waals surface area (Å²) < 4.78 is 5.69. The van der Waals surface area contributed by atoms with E-state index < -0.39 is 0 Å². The molecule has 0 aliphatic heterocycles. The van der Waals surface area contributed by atoms with Gasteiger partial charge in [-0.3, -0.25) is 0 Å². The fourth-order valence-electron chi connectivity index (χ4n) is 1.37. The van der Waals surface area contributed by atoms with Crippen LogP contribution in [0.5, 0.6) is 5.75 Å². The molecule has 0 aliphatic carbocycles. The molecule has 0 spiro atoms. The van der Waals surface area contributed by atoms with E-state index in [1.54, 1.807) is 0 Å². The van der Waals surface area contributed by atoms with E-state index in [9.17, 15) is 0 Å². The Hall–Kier alpha value is -0.260. The third kappa shape index (κ3) is 5.39. The monoisotopic (exact) mass is 244 g/mol. The summed E-state index contributed by atoms with van der Waals surface area (Å²) in [6, 6.07) is 8.14. The highest BCUT2D eigenvalue weighted by Crippen LogP contribution is 2.19. The Balaban J connectivity index is 2.12. The number of benzene rings is 1. The summed E-state index contributed by atoms with van der Waals surface area (Å²) in [5.74, 6) is 1.01. The molecule has 1 atom stereocenters. The van der Waals surface area contributed by atoms with Gasteiger partial charge in [0.1, 0.15) is 5.75 Å². The largest absolute Gasteiger partial charge is 0.493 e. The first-order chi connectivity index (χ1) is 7.34. The Morgan fingerprint density at radius 3 is 2.73 bits per heavy atom. The molecule has 0 bridgehead atoms. The fraction of sp³-hybridized carbons (Fsp3) is 0.500. The molecule has 0 N–H and O–H groups in total. The number of hydrogen-bond acceptors (Lipinski definition) is 1. The van der Waals surface area contributed by atoms with Crippen molar-refractivity contribution in [2.75, 3.05) is 12.8 Å². The average molecular weight is 245 g/mol. The summed E-state index contributed by atoms with van der Waals surface area (Å²) in [5, 5.41) is 0. The zero-order valence-corrected chi connectivity index (χ0v) is 10.9. The summed E-state index contributed by atoms with van der Waals surface area (Å²) in [4.78, 5) is 0. The van der Waals surface area contributed by atoms with Crippen LogP contribution in [-0.2, 0) is 0 Å². The van der Waals surface area contributed by atoms with Crippen molar-refractivity contribution in [3.05, 3.63) is 29.8 Å². The van der Waals surface area contributed by atoms with Gasteiger partial charge in [-0.15, -0.1) is 11.2 Å². The molecule has 84 valence electrons. The van der Waals surface area contributed by atoms with Crippen molar-refractivity contribution in [2.45, 2.75) is 26.2 Å². The maximum absolute atomic E-state index is 5.69. The second-order valence-electron chi connectivity index (χ2n) is 3.56. The van der Waals surface area contributed by atoms with E-state index in [1.165, 1.54) is 18.4 Å². The van der Waals surface area contributed by atoms with Crippen LogP contribution in [0, 0.1) is 6.92 Å². The molecule has 1 aromatic rings. The Morgan fingerprint density at radius 2 is 2.00 bits per heavy atom. The van der Waals surface area contributed by atoms with Crippen LogP contribution in [0.15, 0.2) is 24.3 Å². The van der Waals surface area contributed by atoms with E-state index in [1.807, 2.05) is 18.2 Å². The third-order valence-corrected chi connectivity index (χ3v) is 3.38. The fourth-order valence-corrected chi connectivity index (χ4v) is 2.16. The average Bonchev–Trinajstić information content (AvgIpc) is 2.25. The normalized spacial score (nSPS) is 11.1. The van der Waals surface area contributed by atoms with E-state index in [4.69, 9.17) is 16.0 Å². The van der Waals surface area contributed by atoms with Gasteiger partial charge in [0.25, 0.3) is 0 Å². The van der Waals surface area contributed by atoms with Gasteiger partial charge in [0.05, 0.1) is 6.61 Å². The van der Waals surface area contributed by atoms with E-state index in [2.05, 4.69) is 13.0 Å². The standard InChI is InChI=1S/C12H18ClOP/c1-11-7-3-4-8-12(11)14-9-5-2-6-10-15-13/h3-4,7-8,15H,2,5-6,9-10H2,1H3. The van der Waals surface area contributed by atoms with E-state index in [0.717, 1.165) is 24.9 Å². The first kappa shape index (κ1) is 12.8. The number of para-hydroxylation sites is 1. The van der Waals surface area contributed by atoms with E-state index in [-0.39, 0.29) is 0 Å². The molecular weight excluding hydrogens is 227 g/mol. The smallest absolute Gasteiger partial charge is 0.122 e. The summed E-state index contributed by atoms with van der Waals surface area (Å²) in [5.41, 5.74) is 1.21. The summed E-state index contributed by atoms with van der Waals surface area (Å²) in [7, 11) is 0.572. The SMILES string of the molecule is Cc1ccccc1OCCCCCPCl. The van der Waals surface area contributed by atoms with Crippen molar-refractivity contribution >= 4 is 19.2 Å². The lowest BCUT2D eigenvalue weighted by Gasteiger charge is -2.08. The van der Waals surface area contributed by atoms with Crippen molar-refractivity contribution in [2.24, 2.45) is 0 Å². The van der Waals surface area contributed by atoms with Gasteiger partial charge in [-0.1, -0.05) is 18.2 Å². The Kier molecular flexibility index (Phi) is 6.80. The molecule has 3 heteroatoms. The lowest BCUT2D eigenvalue weighted by molar-refractivity contribution is 0.304. The summed E-state index contributed by atoms with van der Waals surface area (Å²) in [6.07, 6.45) is 4.70. The van der Waals surface area contributed by atoms with E-state index in [0.29, 0.717) is 7.93 Å². The van der Waals surface area contributed by atoms with Crippen LogP contribution >= 0.6 is 19.2 Å². The predicted octanol–water partition coefficient (Wildman–Crippen LogP) is 4.38. The van der Waals surface area contributed by atoms with Crippen LogP contribution in [0.3, 0.4) is 0 Å². The molecule has 1 nitrogen and oxygen atoms in total. The number of halogens is 1. The number of hydrogen-bond donors (Lipinski definition) is 0. The van der Waals surface area contributed by atoms with Gasteiger partial charge in [-0.05, 0) is 51.9 Å². The first-order valence-corrected chi connectivity index (χ1v) is 7.58. The van der Waals surface area contributed by atoms with Gasteiger partial charge < -0.3 is 4.74 Å². The molecule has 0 aliphatic rings. The number of aryl methyl sites for hydroxylation is 1. The van der Waals surface area contributed by atoms with Gasteiger partial charge in [0.15, 0.2) is 0 Å². The quantitative estimate of drug-likeness (QED) is 0.511. The van der Waals surface area contributed by atoms with Crippen LogP contribution in [0.2, 0.25) is 0 Å². The highest BCUT2D eigenvalue weighted by Gasteiger charge is 1.96. The van der Waals surface area contributed by atoms with Gasteiger partial charge >= 0.3 is 0 Å². The molecule has 0 heterocycles. The van der Waals surface area contributed by atoms with Gasteiger partial charge in [-0.2, -0.15) is 0 Å². The molecule has 15 heavy (non-hydrogen) atoms. The molecule has 1 rings (SSSR count). The highest BCUT2D eigenvalue weighted by atomic mass is 35.7. The van der Waals surface area contributed by atoms with Crippen LogP contribution in [-0.4, -0.2) is 12.8 Å². The van der Waals surface area contributed by atoms with Gasteiger partial charge in [0, 0.05) is 0 Å². The third-order valence-electron chi connectivity index (χ3n) is 2.27. The summed E-state index contributed by atoms with van der Waals surface area (Å²) in [6.45, 7) is 2.89. The van der Waals surface area contributed by atoms with Gasteiger partial charge in [0.2, 0.25) is 0 Å². The Labute approximate surface area is 98.7 Å². The molecule has 1 unspecified atom stereocenters. The second kappa shape index (κ2) is 7.96. The van der Waals surface area contributed by atoms with Crippen LogP contribution in [0.1, 0.15) is 24.8 Å². The Bertz CT molecular complexity index is 278. The molecule has 0 fully saturated rings. The van der Waals surface area contributed by atoms with Crippen LogP contribution < -0.4 is 4.74 Å². The predicted molar refractivity (Wildman–Crippen MR) is 69.6 cm³/mol. The molecule has 0 aromatic heterocycles. The van der Waals surface area contributed by atoms with Crippen molar-refractivity contribution in [1.82, 2.24) is 0 Å². The molecule has 0 saturated heterocycles. The molecule has 0 saturated carbocycles. The van der Waals surface area contributed by atoms with Crippen molar-refractivity contribution in [1.29, 1.82) is 0 Å². The van der Waals surface area contributed by atoms with E-state index >= 15 is 0 Å². The molecule has 0 radical (unpaired) electrons. The topological polar surface area (TPSA) is 9.23 Å². The number of unbranched alkanes of at least 4 members (excludes halogenated alkanes) is 2. The second-order valence-corrected chi connectivity index (χ2v) is 5.13. The Morgan fingerprint density at radius 1 is 1.20 bits per heavy atom. The van der Waals surface area contributed by atoms with Crippen molar-refractivity contribution < 1.29 is 4.74 Å². The van der Waals surface area contributed by atoms with Crippen molar-refractivity contribution in [3.63, 3.8) is 0 Å². The number of rotatable bonds is 7. The minimum atomic E-state index is 0.572. The minimum Gasteiger partial charge on any atom is -0.493 e. The lowest BCUT2D eigenvalue weighted by Crippen LogP contribution is -1.98. The summed E-state index contributed by atoms with van der Waals surface area (Å²) >= 11 is 5.63. The van der Waals surface area contributed by atoms with Crippen LogP contribution in [0.4, 0.5) is 0 Å². The molecule has 1 aromatic carbocycles. The first-order valence-electron chi connectivity index (χ1n) is 5.36. The number of ether oxygens (including phenoxy) is 1. The minimum absolute atomic E-state index is 0.572. The lowest BCUT2D eigenvalue weighted by atomic mass is 10.2. The van der Waals surface area contributed by atoms with Crippen LogP contribution in [0.25, 0.3) is 0 Å². The zero-order chi connectivity index (χ0) is 10.9. The van der Waals surface area contributed by atoms with Crippen molar-refractivity contribution in [3.8, 4) is 5.75 Å². The maximum atomic E-state index is 5.69. The maximum Gasteiger partial charge on any atom is 0.122 e. The zero-order valence-electron chi connectivity index (χ0n) is 9.13.